The molecule has 6 nitrogen and oxygen atoms in total. The Balaban J connectivity index is 0.00000243. The number of hydrogen-bond acceptors (Lipinski definition) is 3. The lowest BCUT2D eigenvalue weighted by molar-refractivity contribution is -0.136. The van der Waals surface area contributed by atoms with Gasteiger partial charge in [-0.2, -0.15) is 0 Å². The Kier molecular flexibility index (Phi) is 7.72. The van der Waals surface area contributed by atoms with E-state index >= 15 is 0 Å². The second-order valence-electron chi connectivity index (χ2n) is 6.96. The van der Waals surface area contributed by atoms with Crippen molar-refractivity contribution in [1.82, 2.24) is 10.2 Å². The SMILES string of the molecule is Cl.O=C(O)CCc1ccc(N2CCN(CCC3CCNCC3)C2=O)cc1. The smallest absolute Gasteiger partial charge is 0.324 e. The standard InChI is InChI=1S/C19H27N3O3.ClH/c23-18(24)6-3-15-1-4-17(5-2-15)22-14-13-21(19(22)25)12-9-16-7-10-20-11-8-16;/h1-2,4-5,16,20H,3,6-14H2,(H,23,24);1H. The molecule has 0 saturated carbocycles. The summed E-state index contributed by atoms with van der Waals surface area (Å²) in [6.07, 6.45) is 4.17. The highest BCUT2D eigenvalue weighted by atomic mass is 35.5. The van der Waals surface area contributed by atoms with Crippen LogP contribution in [-0.4, -0.2) is 54.7 Å². The molecule has 0 aliphatic carbocycles. The predicted octanol–water partition coefficient (Wildman–Crippen LogP) is 2.76. The summed E-state index contributed by atoms with van der Waals surface area (Å²) in [5.74, 6) is -0.0557. The van der Waals surface area contributed by atoms with E-state index in [9.17, 15) is 9.59 Å². The summed E-state index contributed by atoms with van der Waals surface area (Å²) < 4.78 is 0. The fourth-order valence-corrected chi connectivity index (χ4v) is 3.63. The van der Waals surface area contributed by atoms with Crippen LogP contribution in [0.5, 0.6) is 0 Å². The summed E-state index contributed by atoms with van der Waals surface area (Å²) >= 11 is 0. The normalized spacial score (nSPS) is 18.1. The molecule has 2 N–H and O–H groups in total. The molecule has 26 heavy (non-hydrogen) atoms. The molecule has 1 aromatic rings. The predicted molar refractivity (Wildman–Crippen MR) is 104 cm³/mol. The van der Waals surface area contributed by atoms with Gasteiger partial charge in [-0.15, -0.1) is 12.4 Å². The Morgan fingerprint density at radius 1 is 1.15 bits per heavy atom. The van der Waals surface area contributed by atoms with E-state index in [1.54, 1.807) is 0 Å². The number of nitrogens with zero attached hydrogens (tertiary/aromatic N) is 2. The van der Waals surface area contributed by atoms with Gasteiger partial charge < -0.3 is 15.3 Å². The van der Waals surface area contributed by atoms with Gasteiger partial charge in [-0.05, 0) is 62.4 Å². The molecule has 2 saturated heterocycles. The molecule has 0 bridgehead atoms. The van der Waals surface area contributed by atoms with E-state index in [0.717, 1.165) is 56.3 Å². The highest BCUT2D eigenvalue weighted by Gasteiger charge is 2.29. The van der Waals surface area contributed by atoms with E-state index < -0.39 is 5.97 Å². The first-order chi connectivity index (χ1) is 12.1. The van der Waals surface area contributed by atoms with Gasteiger partial charge in [-0.1, -0.05) is 12.1 Å². The maximum atomic E-state index is 12.6. The first kappa shape index (κ1) is 20.5. The number of carboxylic acid groups (broad SMARTS) is 1. The topological polar surface area (TPSA) is 72.9 Å². The molecule has 2 fully saturated rings. The van der Waals surface area contributed by atoms with Crippen LogP contribution in [0.15, 0.2) is 24.3 Å². The van der Waals surface area contributed by atoms with E-state index in [1.165, 1.54) is 12.8 Å². The minimum Gasteiger partial charge on any atom is -0.481 e. The Morgan fingerprint density at radius 2 is 1.85 bits per heavy atom. The lowest BCUT2D eigenvalue weighted by Gasteiger charge is -2.25. The molecule has 0 spiro atoms. The maximum Gasteiger partial charge on any atom is 0.324 e. The summed E-state index contributed by atoms with van der Waals surface area (Å²) in [5, 5.41) is 12.1. The largest absolute Gasteiger partial charge is 0.481 e. The van der Waals surface area contributed by atoms with Crippen LogP contribution in [0.1, 0.15) is 31.2 Å². The number of carbonyl (C=O) groups is 2. The Hall–Kier alpha value is -1.79. The van der Waals surface area contributed by atoms with Crippen molar-refractivity contribution in [3.63, 3.8) is 0 Å². The summed E-state index contributed by atoms with van der Waals surface area (Å²) in [6, 6.07) is 7.77. The van der Waals surface area contributed by atoms with Crippen LogP contribution in [0, 0.1) is 5.92 Å². The molecule has 0 aromatic heterocycles. The van der Waals surface area contributed by atoms with Crippen LogP contribution >= 0.6 is 12.4 Å². The molecule has 2 aliphatic heterocycles. The van der Waals surface area contributed by atoms with E-state index in [1.807, 2.05) is 34.1 Å². The van der Waals surface area contributed by atoms with Gasteiger partial charge in [0.2, 0.25) is 0 Å². The summed E-state index contributed by atoms with van der Waals surface area (Å²) in [6.45, 7) is 4.54. The lowest BCUT2D eigenvalue weighted by Crippen LogP contribution is -2.34. The van der Waals surface area contributed by atoms with Crippen molar-refractivity contribution in [2.45, 2.75) is 32.1 Å². The lowest BCUT2D eigenvalue weighted by atomic mass is 9.94. The number of benzene rings is 1. The van der Waals surface area contributed by atoms with Gasteiger partial charge in [0.15, 0.2) is 0 Å². The molecule has 7 heteroatoms. The second-order valence-corrected chi connectivity index (χ2v) is 6.96. The van der Waals surface area contributed by atoms with Crippen molar-refractivity contribution in [3.8, 4) is 0 Å². The van der Waals surface area contributed by atoms with Crippen molar-refractivity contribution in [3.05, 3.63) is 29.8 Å². The van der Waals surface area contributed by atoms with Crippen LogP contribution in [0.4, 0.5) is 10.5 Å². The van der Waals surface area contributed by atoms with Crippen molar-refractivity contribution >= 4 is 30.1 Å². The molecular formula is C19H28ClN3O3. The average molecular weight is 382 g/mol. The van der Waals surface area contributed by atoms with Gasteiger partial charge in [0, 0.05) is 31.7 Å². The molecule has 2 amide bonds. The molecule has 1 aromatic carbocycles. The van der Waals surface area contributed by atoms with Crippen LogP contribution in [0.3, 0.4) is 0 Å². The monoisotopic (exact) mass is 381 g/mol. The highest BCUT2D eigenvalue weighted by molar-refractivity contribution is 5.94. The number of piperidine rings is 1. The minimum atomic E-state index is -0.789. The van der Waals surface area contributed by atoms with E-state index in [2.05, 4.69) is 5.32 Å². The highest BCUT2D eigenvalue weighted by Crippen LogP contribution is 2.23. The molecule has 2 aliphatic rings. The number of carbonyl (C=O) groups excluding carboxylic acids is 1. The Bertz CT molecular complexity index is 603. The Morgan fingerprint density at radius 3 is 2.50 bits per heavy atom. The van der Waals surface area contributed by atoms with Gasteiger partial charge in [0.25, 0.3) is 0 Å². The van der Waals surface area contributed by atoms with Crippen molar-refractivity contribution in [2.24, 2.45) is 5.92 Å². The number of hydrogen-bond donors (Lipinski definition) is 2. The third-order valence-corrected chi connectivity index (χ3v) is 5.24. The number of carboxylic acids is 1. The van der Waals surface area contributed by atoms with Crippen molar-refractivity contribution < 1.29 is 14.7 Å². The molecule has 0 atom stereocenters. The number of aryl methyl sites for hydroxylation is 1. The van der Waals surface area contributed by atoms with E-state index in [0.29, 0.717) is 6.42 Å². The number of rotatable bonds is 7. The van der Waals surface area contributed by atoms with Gasteiger partial charge >= 0.3 is 12.0 Å². The quantitative estimate of drug-likeness (QED) is 0.761. The fourth-order valence-electron chi connectivity index (χ4n) is 3.63. The Labute approximate surface area is 161 Å². The maximum absolute atomic E-state index is 12.6. The summed E-state index contributed by atoms with van der Waals surface area (Å²) in [4.78, 5) is 27.1. The summed E-state index contributed by atoms with van der Waals surface area (Å²) in [5.41, 5.74) is 1.88. The number of aliphatic carboxylic acids is 1. The molecule has 0 radical (unpaired) electrons. The van der Waals surface area contributed by atoms with Crippen molar-refractivity contribution in [2.75, 3.05) is 37.6 Å². The van der Waals surface area contributed by atoms with Crippen molar-refractivity contribution in [1.29, 1.82) is 0 Å². The fraction of sp³-hybridized carbons (Fsp3) is 0.579. The molecule has 2 heterocycles. The second kappa shape index (κ2) is 9.78. The number of halogens is 1. The van der Waals surface area contributed by atoms with Crippen LogP contribution in [-0.2, 0) is 11.2 Å². The molecule has 144 valence electrons. The van der Waals surface area contributed by atoms with Gasteiger partial charge in [0.05, 0.1) is 0 Å². The minimum absolute atomic E-state index is 0. The van der Waals surface area contributed by atoms with E-state index in [-0.39, 0.29) is 24.9 Å². The third-order valence-electron chi connectivity index (χ3n) is 5.24. The zero-order valence-electron chi connectivity index (χ0n) is 15.0. The first-order valence-corrected chi connectivity index (χ1v) is 9.21. The molecular weight excluding hydrogens is 354 g/mol. The molecule has 0 unspecified atom stereocenters. The third kappa shape index (κ3) is 5.35. The van der Waals surface area contributed by atoms with Crippen LogP contribution in [0.2, 0.25) is 0 Å². The number of nitrogens with one attached hydrogen (secondary N) is 1. The van der Waals surface area contributed by atoms with E-state index in [4.69, 9.17) is 5.11 Å². The zero-order valence-corrected chi connectivity index (χ0v) is 15.8. The first-order valence-electron chi connectivity index (χ1n) is 9.21. The number of urea groups is 1. The van der Waals surface area contributed by atoms with Gasteiger partial charge in [-0.3, -0.25) is 9.69 Å². The average Bonchev–Trinajstić information content (AvgIpc) is 3.00. The molecule has 3 rings (SSSR count). The van der Waals surface area contributed by atoms with Gasteiger partial charge in [0.1, 0.15) is 0 Å². The summed E-state index contributed by atoms with van der Waals surface area (Å²) in [7, 11) is 0. The number of amides is 2. The van der Waals surface area contributed by atoms with Crippen LogP contribution < -0.4 is 10.2 Å². The van der Waals surface area contributed by atoms with Crippen LogP contribution in [0.25, 0.3) is 0 Å². The van der Waals surface area contributed by atoms with Gasteiger partial charge in [-0.25, -0.2) is 4.79 Å². The number of anilines is 1. The zero-order chi connectivity index (χ0) is 17.6.